The Balaban J connectivity index is 1.22. The highest BCUT2D eigenvalue weighted by molar-refractivity contribution is 5.84. The van der Waals surface area contributed by atoms with Crippen LogP contribution in [0.15, 0.2) is 53.9 Å². The molecular formula is C26H27F2N5O. The van der Waals surface area contributed by atoms with Crippen LogP contribution in [0.25, 0.3) is 11.1 Å². The van der Waals surface area contributed by atoms with Crippen molar-refractivity contribution >= 4 is 12.1 Å². The average Bonchev–Trinajstić information content (AvgIpc) is 3.47. The van der Waals surface area contributed by atoms with Crippen LogP contribution in [0.1, 0.15) is 29.5 Å². The van der Waals surface area contributed by atoms with Gasteiger partial charge in [0.05, 0.1) is 25.0 Å². The van der Waals surface area contributed by atoms with Crippen LogP contribution in [0.4, 0.5) is 8.78 Å². The topological polar surface area (TPSA) is 64.6 Å². The van der Waals surface area contributed by atoms with Crippen molar-refractivity contribution < 1.29 is 13.6 Å². The van der Waals surface area contributed by atoms with E-state index in [9.17, 15) is 13.6 Å². The number of hydrogen-bond donors (Lipinski definition) is 1. The first-order valence-electron chi connectivity index (χ1n) is 11.6. The zero-order valence-electron chi connectivity index (χ0n) is 19.0. The molecule has 8 heteroatoms. The molecule has 0 aliphatic carbocycles. The lowest BCUT2D eigenvalue weighted by atomic mass is 10.0. The van der Waals surface area contributed by atoms with Crippen molar-refractivity contribution in [2.75, 3.05) is 19.6 Å². The highest BCUT2D eigenvalue weighted by Gasteiger charge is 2.40. The molecule has 34 heavy (non-hydrogen) atoms. The number of fused-ring (bicyclic) bond motifs is 2. The Bertz CT molecular complexity index is 1210. The van der Waals surface area contributed by atoms with Crippen molar-refractivity contribution in [2.24, 2.45) is 11.0 Å². The normalized spacial score (nSPS) is 19.9. The van der Waals surface area contributed by atoms with Gasteiger partial charge in [-0.15, -0.1) is 0 Å². The number of hydrogen-bond acceptors (Lipinski definition) is 4. The van der Waals surface area contributed by atoms with Crippen LogP contribution < -0.4 is 0 Å². The predicted molar refractivity (Wildman–Crippen MR) is 126 cm³/mol. The molecule has 2 aliphatic rings. The minimum Gasteiger partial charge on any atom is -0.338 e. The van der Waals surface area contributed by atoms with Crippen LogP contribution in [-0.4, -0.2) is 57.9 Å². The van der Waals surface area contributed by atoms with Gasteiger partial charge in [-0.1, -0.05) is 24.3 Å². The molecule has 3 aromatic rings. The number of halogens is 2. The van der Waals surface area contributed by atoms with E-state index < -0.39 is 11.6 Å². The number of piperidine rings is 1. The maximum absolute atomic E-state index is 13.9. The molecule has 2 fully saturated rings. The second-order valence-corrected chi connectivity index (χ2v) is 9.19. The van der Waals surface area contributed by atoms with Gasteiger partial charge in [-0.3, -0.25) is 14.9 Å². The predicted octanol–water partition coefficient (Wildman–Crippen LogP) is 4.16. The Morgan fingerprint density at radius 1 is 1.21 bits per heavy atom. The van der Waals surface area contributed by atoms with Crippen molar-refractivity contribution in [3.63, 3.8) is 0 Å². The van der Waals surface area contributed by atoms with Gasteiger partial charge in [0.2, 0.25) is 5.91 Å². The van der Waals surface area contributed by atoms with Gasteiger partial charge >= 0.3 is 0 Å². The van der Waals surface area contributed by atoms with E-state index in [2.05, 4.69) is 35.3 Å². The molecule has 1 amide bonds. The van der Waals surface area contributed by atoms with Gasteiger partial charge in [-0.2, -0.15) is 10.2 Å². The van der Waals surface area contributed by atoms with Crippen LogP contribution in [0.2, 0.25) is 0 Å². The van der Waals surface area contributed by atoms with Gasteiger partial charge in [0.1, 0.15) is 0 Å². The molecule has 0 radical (unpaired) electrons. The van der Waals surface area contributed by atoms with Gasteiger partial charge in [-0.25, -0.2) is 8.78 Å². The first-order valence-corrected chi connectivity index (χ1v) is 11.6. The van der Waals surface area contributed by atoms with E-state index in [1.807, 2.05) is 22.3 Å². The number of aryl methyl sites for hydroxylation is 2. The second kappa shape index (κ2) is 9.37. The summed E-state index contributed by atoms with van der Waals surface area (Å²) in [5, 5.41) is 13.6. The van der Waals surface area contributed by atoms with Gasteiger partial charge in [0, 0.05) is 31.3 Å². The summed E-state index contributed by atoms with van der Waals surface area (Å²) in [5.74, 6) is -1.38. The Morgan fingerprint density at radius 2 is 2.09 bits per heavy atom. The first-order chi connectivity index (χ1) is 16.5. The van der Waals surface area contributed by atoms with Gasteiger partial charge < -0.3 is 4.90 Å². The van der Waals surface area contributed by atoms with E-state index >= 15 is 0 Å². The number of nitrogens with zero attached hydrogens (tertiary/aromatic N) is 4. The molecule has 2 atom stereocenters. The Kier molecular flexibility index (Phi) is 6.13. The highest BCUT2D eigenvalue weighted by atomic mass is 19.2. The van der Waals surface area contributed by atoms with Crippen LogP contribution in [0, 0.1) is 24.5 Å². The molecule has 2 aromatic carbocycles. The first kappa shape index (κ1) is 22.3. The van der Waals surface area contributed by atoms with Crippen molar-refractivity contribution in [1.82, 2.24) is 20.1 Å². The van der Waals surface area contributed by atoms with Crippen LogP contribution in [-0.2, 0) is 11.2 Å². The number of H-pyrrole nitrogens is 1. The average molecular weight is 464 g/mol. The SMILES string of the molecule is Cc1ccc(-c2cn[nH]c2)cc1/C=N\N1C[C@@H]2C[C@@H](C1)N(C(=O)CCc1cccc(F)c1F)C2. The van der Waals surface area contributed by atoms with Gasteiger partial charge in [0.25, 0.3) is 0 Å². The molecular weight excluding hydrogens is 436 g/mol. The smallest absolute Gasteiger partial charge is 0.223 e. The second-order valence-electron chi connectivity index (χ2n) is 9.19. The number of rotatable bonds is 6. The zero-order valence-corrected chi connectivity index (χ0v) is 19.0. The molecule has 0 saturated carbocycles. The van der Waals surface area contributed by atoms with Gasteiger partial charge in [-0.05, 0) is 60.1 Å². The fraction of sp³-hybridized carbons (Fsp3) is 0.346. The van der Waals surface area contributed by atoms with Crippen molar-refractivity contribution in [3.8, 4) is 11.1 Å². The quantitative estimate of drug-likeness (QED) is 0.559. The van der Waals surface area contributed by atoms with Crippen LogP contribution in [0.5, 0.6) is 0 Å². The van der Waals surface area contributed by atoms with E-state index in [4.69, 9.17) is 5.10 Å². The molecule has 1 aromatic heterocycles. The molecule has 2 aliphatic heterocycles. The fourth-order valence-electron chi connectivity index (χ4n) is 4.97. The zero-order chi connectivity index (χ0) is 23.7. The summed E-state index contributed by atoms with van der Waals surface area (Å²) >= 11 is 0. The molecule has 176 valence electrons. The Morgan fingerprint density at radius 3 is 2.91 bits per heavy atom. The summed E-state index contributed by atoms with van der Waals surface area (Å²) in [4.78, 5) is 14.8. The Labute approximate surface area is 197 Å². The molecule has 0 unspecified atom stereocenters. The number of likely N-dealkylation sites (tertiary alicyclic amines) is 1. The maximum Gasteiger partial charge on any atom is 0.223 e. The number of carbonyl (C=O) groups excluding carboxylic acids is 1. The van der Waals surface area contributed by atoms with E-state index in [0.717, 1.165) is 41.3 Å². The summed E-state index contributed by atoms with van der Waals surface area (Å²) in [6, 6.07) is 10.4. The standard InChI is InChI=1S/C26H27F2N5O/c1-17-5-6-20(22-11-29-30-12-22)10-21(17)13-31-32-14-18-9-23(16-32)33(15-18)25(34)8-7-19-3-2-4-24(27)26(19)28/h2-6,10-13,18,23H,7-9,14-16H2,1H3,(H,29,30)/b31-13-/t18-,23-/m0/s1. The molecule has 6 nitrogen and oxygen atoms in total. The molecule has 1 N–H and O–H groups in total. The molecule has 3 heterocycles. The summed E-state index contributed by atoms with van der Waals surface area (Å²) in [7, 11) is 0. The number of aromatic nitrogens is 2. The third-order valence-corrected chi connectivity index (χ3v) is 6.82. The molecule has 2 saturated heterocycles. The van der Waals surface area contributed by atoms with Crippen LogP contribution in [0.3, 0.4) is 0 Å². The maximum atomic E-state index is 13.9. The summed E-state index contributed by atoms with van der Waals surface area (Å²) in [6.45, 7) is 4.22. The number of benzene rings is 2. The van der Waals surface area contributed by atoms with Gasteiger partial charge in [0.15, 0.2) is 11.6 Å². The van der Waals surface area contributed by atoms with Crippen molar-refractivity contribution in [2.45, 2.75) is 32.2 Å². The van der Waals surface area contributed by atoms with E-state index in [1.54, 1.807) is 6.20 Å². The van der Waals surface area contributed by atoms with E-state index in [-0.39, 0.29) is 30.4 Å². The lowest BCUT2D eigenvalue weighted by molar-refractivity contribution is -0.132. The number of amides is 1. The number of hydrazone groups is 1. The van der Waals surface area contributed by atoms with E-state index in [0.29, 0.717) is 19.0 Å². The largest absolute Gasteiger partial charge is 0.338 e. The number of nitrogens with one attached hydrogen (secondary N) is 1. The molecule has 0 spiro atoms. The monoisotopic (exact) mass is 463 g/mol. The number of carbonyl (C=O) groups is 1. The fourth-order valence-corrected chi connectivity index (χ4v) is 4.97. The number of aromatic amines is 1. The van der Waals surface area contributed by atoms with E-state index in [1.165, 1.54) is 12.1 Å². The third-order valence-electron chi connectivity index (χ3n) is 6.82. The summed E-state index contributed by atoms with van der Waals surface area (Å²) < 4.78 is 27.4. The minimum atomic E-state index is -0.874. The van der Waals surface area contributed by atoms with Crippen molar-refractivity contribution in [1.29, 1.82) is 0 Å². The Hall–Kier alpha value is -3.55. The summed E-state index contributed by atoms with van der Waals surface area (Å²) in [5.41, 5.74) is 4.53. The van der Waals surface area contributed by atoms with Crippen LogP contribution >= 0.6 is 0 Å². The molecule has 5 rings (SSSR count). The minimum absolute atomic E-state index is 0.00866. The third kappa shape index (κ3) is 4.58. The summed E-state index contributed by atoms with van der Waals surface area (Å²) in [6.07, 6.45) is 6.88. The lowest BCUT2D eigenvalue weighted by Crippen LogP contribution is -2.42. The lowest BCUT2D eigenvalue weighted by Gasteiger charge is -2.30. The highest BCUT2D eigenvalue weighted by Crippen LogP contribution is 2.31. The van der Waals surface area contributed by atoms with Crippen molar-refractivity contribution in [3.05, 3.63) is 77.1 Å². The molecule has 2 bridgehead atoms.